The SMILES string of the molecule is Nc1onc(CC2CCCCC2)c1-c1ccc(F)cc1. The second-order valence-electron chi connectivity index (χ2n) is 5.58. The maximum absolute atomic E-state index is 13.0. The van der Waals surface area contributed by atoms with Crippen molar-refractivity contribution in [3.63, 3.8) is 0 Å². The first-order valence-corrected chi connectivity index (χ1v) is 7.24. The van der Waals surface area contributed by atoms with E-state index in [1.807, 2.05) is 0 Å². The molecule has 0 spiro atoms. The van der Waals surface area contributed by atoms with Gasteiger partial charge in [-0.1, -0.05) is 49.4 Å². The van der Waals surface area contributed by atoms with Crippen molar-refractivity contribution in [2.24, 2.45) is 5.92 Å². The molecule has 1 aliphatic carbocycles. The zero-order valence-corrected chi connectivity index (χ0v) is 11.4. The van der Waals surface area contributed by atoms with Crippen LogP contribution in [0.1, 0.15) is 37.8 Å². The van der Waals surface area contributed by atoms with Gasteiger partial charge in [-0.15, -0.1) is 0 Å². The molecule has 0 saturated heterocycles. The van der Waals surface area contributed by atoms with Crippen LogP contribution >= 0.6 is 0 Å². The van der Waals surface area contributed by atoms with Gasteiger partial charge in [-0.3, -0.25) is 0 Å². The standard InChI is InChI=1S/C16H19FN2O/c17-13-8-6-12(7-9-13)15-14(19-20-16(15)18)10-11-4-2-1-3-5-11/h6-9,11H,1-5,10,18H2. The van der Waals surface area contributed by atoms with Crippen molar-refractivity contribution in [3.05, 3.63) is 35.8 Å². The summed E-state index contributed by atoms with van der Waals surface area (Å²) in [6, 6.07) is 6.32. The summed E-state index contributed by atoms with van der Waals surface area (Å²) in [7, 11) is 0. The number of halogens is 1. The fourth-order valence-electron chi connectivity index (χ4n) is 3.07. The van der Waals surface area contributed by atoms with Crippen molar-refractivity contribution >= 4 is 5.88 Å². The number of rotatable bonds is 3. The molecule has 0 aliphatic heterocycles. The average molecular weight is 274 g/mol. The molecule has 3 rings (SSSR count). The van der Waals surface area contributed by atoms with E-state index in [1.54, 1.807) is 12.1 Å². The van der Waals surface area contributed by atoms with Crippen molar-refractivity contribution in [2.75, 3.05) is 5.73 Å². The molecule has 1 heterocycles. The minimum Gasteiger partial charge on any atom is -0.367 e. The van der Waals surface area contributed by atoms with E-state index in [9.17, 15) is 4.39 Å². The van der Waals surface area contributed by atoms with E-state index >= 15 is 0 Å². The summed E-state index contributed by atoms with van der Waals surface area (Å²) in [6.07, 6.45) is 7.31. The summed E-state index contributed by atoms with van der Waals surface area (Å²) in [6.45, 7) is 0. The third-order valence-electron chi connectivity index (χ3n) is 4.13. The van der Waals surface area contributed by atoms with E-state index < -0.39 is 0 Å². The van der Waals surface area contributed by atoms with Crippen molar-refractivity contribution in [1.82, 2.24) is 5.16 Å². The Balaban J connectivity index is 1.86. The predicted molar refractivity (Wildman–Crippen MR) is 76.6 cm³/mol. The van der Waals surface area contributed by atoms with Gasteiger partial charge < -0.3 is 10.3 Å². The number of nitrogens with two attached hydrogens (primary N) is 1. The highest BCUT2D eigenvalue weighted by atomic mass is 19.1. The van der Waals surface area contributed by atoms with Gasteiger partial charge in [0, 0.05) is 0 Å². The Morgan fingerprint density at radius 3 is 2.55 bits per heavy atom. The number of nitrogens with zero attached hydrogens (tertiary/aromatic N) is 1. The highest BCUT2D eigenvalue weighted by Gasteiger charge is 2.21. The Hall–Kier alpha value is -1.84. The largest absolute Gasteiger partial charge is 0.367 e. The monoisotopic (exact) mass is 274 g/mol. The Morgan fingerprint density at radius 1 is 1.15 bits per heavy atom. The summed E-state index contributed by atoms with van der Waals surface area (Å²) in [5.74, 6) is 0.729. The molecular weight excluding hydrogens is 255 g/mol. The summed E-state index contributed by atoms with van der Waals surface area (Å²) >= 11 is 0. The molecule has 0 atom stereocenters. The van der Waals surface area contributed by atoms with Crippen LogP contribution in [0.15, 0.2) is 28.8 Å². The van der Waals surface area contributed by atoms with E-state index in [0.29, 0.717) is 11.8 Å². The average Bonchev–Trinajstić information content (AvgIpc) is 2.82. The summed E-state index contributed by atoms with van der Waals surface area (Å²) < 4.78 is 18.2. The van der Waals surface area contributed by atoms with Gasteiger partial charge in [0.25, 0.3) is 0 Å². The van der Waals surface area contributed by atoms with E-state index in [4.69, 9.17) is 10.3 Å². The van der Waals surface area contributed by atoms with Crippen LogP contribution in [0.5, 0.6) is 0 Å². The molecule has 106 valence electrons. The van der Waals surface area contributed by atoms with Crippen molar-refractivity contribution < 1.29 is 8.91 Å². The summed E-state index contributed by atoms with van der Waals surface area (Å²) in [5.41, 5.74) is 8.50. The van der Waals surface area contributed by atoms with Gasteiger partial charge in [-0.25, -0.2) is 4.39 Å². The molecule has 0 bridgehead atoms. The molecule has 2 N–H and O–H groups in total. The number of nitrogen functional groups attached to an aromatic ring is 1. The van der Waals surface area contributed by atoms with E-state index in [0.717, 1.165) is 23.2 Å². The van der Waals surface area contributed by atoms with Gasteiger partial charge in [0.05, 0.1) is 11.3 Å². The number of anilines is 1. The van der Waals surface area contributed by atoms with E-state index in [-0.39, 0.29) is 5.82 Å². The van der Waals surface area contributed by atoms with Crippen LogP contribution in [0, 0.1) is 11.7 Å². The number of benzene rings is 1. The molecule has 1 aromatic heterocycles. The Labute approximate surface area is 118 Å². The molecule has 1 saturated carbocycles. The van der Waals surface area contributed by atoms with Crippen LogP contribution in [-0.4, -0.2) is 5.16 Å². The number of hydrogen-bond acceptors (Lipinski definition) is 3. The fourth-order valence-corrected chi connectivity index (χ4v) is 3.07. The Bertz CT molecular complexity index is 571. The molecule has 0 radical (unpaired) electrons. The quantitative estimate of drug-likeness (QED) is 0.913. The molecule has 1 fully saturated rings. The maximum Gasteiger partial charge on any atom is 0.230 e. The Morgan fingerprint density at radius 2 is 1.85 bits per heavy atom. The van der Waals surface area contributed by atoms with Gasteiger partial charge in [-0.05, 0) is 30.0 Å². The number of hydrogen-bond donors (Lipinski definition) is 1. The smallest absolute Gasteiger partial charge is 0.230 e. The lowest BCUT2D eigenvalue weighted by atomic mass is 9.85. The van der Waals surface area contributed by atoms with Gasteiger partial charge >= 0.3 is 0 Å². The zero-order valence-electron chi connectivity index (χ0n) is 11.4. The minimum atomic E-state index is -0.252. The molecule has 20 heavy (non-hydrogen) atoms. The molecule has 1 aliphatic rings. The third-order valence-corrected chi connectivity index (χ3v) is 4.13. The van der Waals surface area contributed by atoms with Gasteiger partial charge in [-0.2, -0.15) is 0 Å². The van der Waals surface area contributed by atoms with E-state index in [2.05, 4.69) is 5.16 Å². The fraction of sp³-hybridized carbons (Fsp3) is 0.438. The van der Waals surface area contributed by atoms with Crippen LogP contribution in [0.3, 0.4) is 0 Å². The summed E-state index contributed by atoms with van der Waals surface area (Å²) in [5, 5.41) is 4.11. The van der Waals surface area contributed by atoms with Crippen LogP contribution in [0.2, 0.25) is 0 Å². The molecule has 1 aromatic carbocycles. The topological polar surface area (TPSA) is 52.0 Å². The van der Waals surface area contributed by atoms with Crippen LogP contribution in [-0.2, 0) is 6.42 Å². The second-order valence-corrected chi connectivity index (χ2v) is 5.58. The minimum absolute atomic E-state index is 0.252. The lowest BCUT2D eigenvalue weighted by Gasteiger charge is -2.20. The van der Waals surface area contributed by atoms with Crippen LogP contribution in [0.25, 0.3) is 11.1 Å². The van der Waals surface area contributed by atoms with E-state index in [1.165, 1.54) is 44.2 Å². The third kappa shape index (κ3) is 2.69. The first kappa shape index (κ1) is 13.2. The normalized spacial score (nSPS) is 16.4. The van der Waals surface area contributed by atoms with Gasteiger partial charge in [0.1, 0.15) is 5.82 Å². The Kier molecular flexibility index (Phi) is 3.72. The first-order valence-electron chi connectivity index (χ1n) is 7.24. The molecule has 4 heteroatoms. The van der Waals surface area contributed by atoms with Crippen molar-refractivity contribution in [1.29, 1.82) is 0 Å². The first-order chi connectivity index (χ1) is 9.74. The zero-order chi connectivity index (χ0) is 13.9. The van der Waals surface area contributed by atoms with Gasteiger partial charge in [0.15, 0.2) is 0 Å². The highest BCUT2D eigenvalue weighted by Crippen LogP contribution is 2.34. The second kappa shape index (κ2) is 5.65. The summed E-state index contributed by atoms with van der Waals surface area (Å²) in [4.78, 5) is 0. The maximum atomic E-state index is 13.0. The number of aromatic nitrogens is 1. The highest BCUT2D eigenvalue weighted by molar-refractivity contribution is 5.74. The molecular formula is C16H19FN2O. The predicted octanol–water partition coefficient (Wildman–Crippen LogP) is 4.19. The van der Waals surface area contributed by atoms with Crippen LogP contribution in [0.4, 0.5) is 10.3 Å². The molecule has 2 aromatic rings. The molecule has 3 nitrogen and oxygen atoms in total. The molecule has 0 unspecified atom stereocenters. The van der Waals surface area contributed by atoms with Crippen LogP contribution < -0.4 is 5.73 Å². The van der Waals surface area contributed by atoms with Crippen molar-refractivity contribution in [2.45, 2.75) is 38.5 Å². The molecule has 0 amide bonds. The van der Waals surface area contributed by atoms with Gasteiger partial charge in [0.2, 0.25) is 5.88 Å². The lowest BCUT2D eigenvalue weighted by molar-refractivity contribution is 0.345. The van der Waals surface area contributed by atoms with Crippen molar-refractivity contribution in [3.8, 4) is 11.1 Å². The lowest BCUT2D eigenvalue weighted by Crippen LogP contribution is -2.10.